The lowest BCUT2D eigenvalue weighted by atomic mass is 10.2. The van der Waals surface area contributed by atoms with Gasteiger partial charge in [0.2, 0.25) is 5.88 Å². The molecular weight excluding hydrogens is 266 g/mol. The van der Waals surface area contributed by atoms with E-state index < -0.39 is 11.6 Å². The number of hydrogen-bond donors (Lipinski definition) is 2. The zero-order valence-corrected chi connectivity index (χ0v) is 10.9. The van der Waals surface area contributed by atoms with Gasteiger partial charge in [0.15, 0.2) is 5.82 Å². The summed E-state index contributed by atoms with van der Waals surface area (Å²) < 4.78 is 31.8. The van der Waals surface area contributed by atoms with Crippen LogP contribution in [0.2, 0.25) is 0 Å². The standard InChI is InChI=1S/C13H14F2N4O/c1-2-20-13-11(16)12(18-7-19-13)17-6-8-5-9(14)3-4-10(8)15/h3-5,7H,2,6,16H2,1H3,(H,17,18,19). The predicted molar refractivity (Wildman–Crippen MR) is 71.3 cm³/mol. The van der Waals surface area contributed by atoms with E-state index in [1.807, 2.05) is 0 Å². The summed E-state index contributed by atoms with van der Waals surface area (Å²) in [7, 11) is 0. The fourth-order valence-electron chi connectivity index (χ4n) is 1.63. The molecule has 0 saturated carbocycles. The Labute approximate surface area is 114 Å². The number of nitrogens with one attached hydrogen (secondary N) is 1. The number of nitrogens with zero attached hydrogens (tertiary/aromatic N) is 2. The van der Waals surface area contributed by atoms with E-state index in [1.54, 1.807) is 6.92 Å². The molecule has 20 heavy (non-hydrogen) atoms. The number of hydrogen-bond acceptors (Lipinski definition) is 5. The van der Waals surface area contributed by atoms with E-state index in [-0.39, 0.29) is 23.7 Å². The van der Waals surface area contributed by atoms with Crippen LogP contribution in [0.1, 0.15) is 12.5 Å². The monoisotopic (exact) mass is 280 g/mol. The molecule has 5 nitrogen and oxygen atoms in total. The Morgan fingerprint density at radius 1 is 1.30 bits per heavy atom. The summed E-state index contributed by atoms with van der Waals surface area (Å²) in [5.74, 6) is -0.442. The van der Waals surface area contributed by atoms with Crippen molar-refractivity contribution in [1.82, 2.24) is 9.97 Å². The second-order valence-corrected chi connectivity index (χ2v) is 3.96. The third-order valence-electron chi connectivity index (χ3n) is 2.58. The maximum absolute atomic E-state index is 13.5. The second-order valence-electron chi connectivity index (χ2n) is 3.96. The number of nitrogens with two attached hydrogens (primary N) is 1. The smallest absolute Gasteiger partial charge is 0.242 e. The van der Waals surface area contributed by atoms with Gasteiger partial charge in [-0.2, -0.15) is 4.98 Å². The maximum atomic E-state index is 13.5. The number of halogens is 2. The van der Waals surface area contributed by atoms with Crippen LogP contribution in [0.3, 0.4) is 0 Å². The van der Waals surface area contributed by atoms with E-state index in [9.17, 15) is 8.78 Å². The van der Waals surface area contributed by atoms with Crippen LogP contribution in [0.4, 0.5) is 20.3 Å². The summed E-state index contributed by atoms with van der Waals surface area (Å²) in [6.07, 6.45) is 1.28. The highest BCUT2D eigenvalue weighted by Gasteiger charge is 2.10. The van der Waals surface area contributed by atoms with Gasteiger partial charge in [-0.1, -0.05) is 0 Å². The van der Waals surface area contributed by atoms with Crippen LogP contribution >= 0.6 is 0 Å². The first kappa shape index (κ1) is 14.0. The largest absolute Gasteiger partial charge is 0.476 e. The van der Waals surface area contributed by atoms with Gasteiger partial charge in [0.1, 0.15) is 23.6 Å². The number of aromatic nitrogens is 2. The molecule has 2 aromatic rings. The van der Waals surface area contributed by atoms with Crippen molar-refractivity contribution in [3.05, 3.63) is 41.7 Å². The molecule has 0 atom stereocenters. The van der Waals surface area contributed by atoms with Crippen molar-refractivity contribution in [2.45, 2.75) is 13.5 Å². The number of ether oxygens (including phenoxy) is 1. The highest BCUT2D eigenvalue weighted by Crippen LogP contribution is 2.25. The Kier molecular flexibility index (Phi) is 4.29. The highest BCUT2D eigenvalue weighted by molar-refractivity contribution is 5.66. The Morgan fingerprint density at radius 3 is 2.85 bits per heavy atom. The zero-order chi connectivity index (χ0) is 14.5. The lowest BCUT2D eigenvalue weighted by molar-refractivity contribution is 0.328. The van der Waals surface area contributed by atoms with Gasteiger partial charge in [-0.05, 0) is 25.1 Å². The number of nitrogen functional groups attached to an aromatic ring is 1. The molecule has 0 radical (unpaired) electrons. The van der Waals surface area contributed by atoms with E-state index in [0.29, 0.717) is 12.4 Å². The third kappa shape index (κ3) is 3.11. The molecule has 1 aromatic carbocycles. The molecule has 2 rings (SSSR count). The van der Waals surface area contributed by atoms with E-state index in [2.05, 4.69) is 15.3 Å². The van der Waals surface area contributed by atoms with Crippen molar-refractivity contribution in [2.75, 3.05) is 17.7 Å². The van der Waals surface area contributed by atoms with Crippen LogP contribution in [0, 0.1) is 11.6 Å². The Balaban J connectivity index is 2.14. The van der Waals surface area contributed by atoms with Gasteiger partial charge in [-0.3, -0.25) is 0 Å². The number of anilines is 2. The molecule has 106 valence electrons. The second kappa shape index (κ2) is 6.14. The Bertz CT molecular complexity index is 607. The molecule has 0 fully saturated rings. The minimum absolute atomic E-state index is 0.0520. The third-order valence-corrected chi connectivity index (χ3v) is 2.58. The molecule has 3 N–H and O–H groups in total. The topological polar surface area (TPSA) is 73.1 Å². The molecule has 7 heteroatoms. The average molecular weight is 280 g/mol. The van der Waals surface area contributed by atoms with Gasteiger partial charge in [-0.25, -0.2) is 13.8 Å². The first-order valence-electron chi connectivity index (χ1n) is 6.03. The van der Waals surface area contributed by atoms with Crippen LogP contribution in [-0.4, -0.2) is 16.6 Å². The zero-order valence-electron chi connectivity index (χ0n) is 10.9. The van der Waals surface area contributed by atoms with Gasteiger partial charge in [0, 0.05) is 12.1 Å². The Hall–Kier alpha value is -2.44. The molecule has 0 aliphatic rings. The molecule has 0 amide bonds. The van der Waals surface area contributed by atoms with Gasteiger partial charge in [-0.15, -0.1) is 0 Å². The van der Waals surface area contributed by atoms with Crippen molar-refractivity contribution in [2.24, 2.45) is 0 Å². The normalized spacial score (nSPS) is 10.3. The summed E-state index contributed by atoms with van der Waals surface area (Å²) in [5.41, 5.74) is 6.23. The van der Waals surface area contributed by atoms with Gasteiger partial charge >= 0.3 is 0 Å². The lowest BCUT2D eigenvalue weighted by Gasteiger charge is -2.11. The summed E-state index contributed by atoms with van der Waals surface area (Å²) in [6, 6.07) is 3.25. The maximum Gasteiger partial charge on any atom is 0.242 e. The van der Waals surface area contributed by atoms with Crippen LogP contribution in [0.15, 0.2) is 24.5 Å². The highest BCUT2D eigenvalue weighted by atomic mass is 19.1. The quantitative estimate of drug-likeness (QED) is 0.879. The van der Waals surface area contributed by atoms with Gasteiger partial charge in [0.25, 0.3) is 0 Å². The first-order chi connectivity index (χ1) is 9.61. The first-order valence-corrected chi connectivity index (χ1v) is 6.03. The van der Waals surface area contributed by atoms with E-state index >= 15 is 0 Å². The Morgan fingerprint density at radius 2 is 2.10 bits per heavy atom. The lowest BCUT2D eigenvalue weighted by Crippen LogP contribution is -2.09. The fourth-order valence-corrected chi connectivity index (χ4v) is 1.63. The van der Waals surface area contributed by atoms with Crippen LogP contribution in [0.5, 0.6) is 5.88 Å². The van der Waals surface area contributed by atoms with E-state index in [1.165, 1.54) is 6.33 Å². The molecule has 0 bridgehead atoms. The van der Waals surface area contributed by atoms with E-state index in [0.717, 1.165) is 18.2 Å². The molecular formula is C13H14F2N4O. The summed E-state index contributed by atoms with van der Waals surface area (Å²) in [4.78, 5) is 7.83. The molecule has 0 saturated heterocycles. The van der Waals surface area contributed by atoms with Crippen molar-refractivity contribution < 1.29 is 13.5 Å². The molecule has 0 spiro atoms. The molecule has 1 aromatic heterocycles. The van der Waals surface area contributed by atoms with Crippen LogP contribution < -0.4 is 15.8 Å². The molecule has 1 heterocycles. The average Bonchev–Trinajstić information content (AvgIpc) is 2.43. The van der Waals surface area contributed by atoms with Crippen molar-refractivity contribution in [1.29, 1.82) is 0 Å². The number of rotatable bonds is 5. The molecule has 0 aliphatic carbocycles. The fraction of sp³-hybridized carbons (Fsp3) is 0.231. The predicted octanol–water partition coefficient (Wildman–Crippen LogP) is 2.35. The molecule has 0 unspecified atom stereocenters. The summed E-state index contributed by atoms with van der Waals surface area (Å²) in [5, 5.41) is 2.83. The summed E-state index contributed by atoms with van der Waals surface area (Å²) in [6.45, 7) is 2.27. The SMILES string of the molecule is CCOc1ncnc(NCc2cc(F)ccc2F)c1N. The number of benzene rings is 1. The van der Waals surface area contributed by atoms with Crippen LogP contribution in [-0.2, 0) is 6.54 Å². The van der Waals surface area contributed by atoms with Gasteiger partial charge < -0.3 is 15.8 Å². The van der Waals surface area contributed by atoms with E-state index in [4.69, 9.17) is 10.5 Å². The molecule has 0 aliphatic heterocycles. The van der Waals surface area contributed by atoms with Crippen molar-refractivity contribution >= 4 is 11.5 Å². The summed E-state index contributed by atoms with van der Waals surface area (Å²) >= 11 is 0. The van der Waals surface area contributed by atoms with Gasteiger partial charge in [0.05, 0.1) is 6.61 Å². The van der Waals surface area contributed by atoms with Crippen molar-refractivity contribution in [3.63, 3.8) is 0 Å². The minimum Gasteiger partial charge on any atom is -0.476 e. The van der Waals surface area contributed by atoms with Crippen molar-refractivity contribution in [3.8, 4) is 5.88 Å². The van der Waals surface area contributed by atoms with Crippen LogP contribution in [0.25, 0.3) is 0 Å². The minimum atomic E-state index is -0.506.